The van der Waals surface area contributed by atoms with E-state index in [9.17, 15) is 0 Å². The van der Waals surface area contributed by atoms with Crippen LogP contribution in [-0.2, 0) is 9.31 Å². The normalized spacial score (nSPS) is 21.2. The van der Waals surface area contributed by atoms with E-state index in [1.54, 1.807) is 0 Å². The van der Waals surface area contributed by atoms with E-state index < -0.39 is 0 Å². The van der Waals surface area contributed by atoms with Crippen molar-refractivity contribution in [2.45, 2.75) is 66.1 Å². The van der Waals surface area contributed by atoms with Gasteiger partial charge in [-0.1, -0.05) is 57.2 Å². The summed E-state index contributed by atoms with van der Waals surface area (Å²) >= 11 is 0. The molecule has 0 amide bonds. The number of allylic oxidation sites excluding steroid dienone is 1. The van der Waals surface area contributed by atoms with Crippen molar-refractivity contribution in [3.63, 3.8) is 0 Å². The van der Waals surface area contributed by atoms with Crippen LogP contribution in [0.5, 0.6) is 0 Å². The lowest BCUT2D eigenvalue weighted by atomic mass is 9.69. The minimum Gasteiger partial charge on any atom is -0.400 e. The van der Waals surface area contributed by atoms with Gasteiger partial charge in [0.1, 0.15) is 0 Å². The van der Waals surface area contributed by atoms with Crippen LogP contribution >= 0.6 is 0 Å². The summed E-state index contributed by atoms with van der Waals surface area (Å²) < 4.78 is 12.5. The molecule has 3 heteroatoms. The van der Waals surface area contributed by atoms with Gasteiger partial charge in [-0.25, -0.2) is 0 Å². The maximum Gasteiger partial charge on any atom is 0.490 e. The van der Waals surface area contributed by atoms with Crippen molar-refractivity contribution in [3.8, 4) is 0 Å². The van der Waals surface area contributed by atoms with Gasteiger partial charge in [0.05, 0.1) is 11.2 Å². The summed E-state index contributed by atoms with van der Waals surface area (Å²) in [6.45, 7) is 15.1. The molecule has 1 fully saturated rings. The SMILES string of the molecule is CC(C)(C)C/C(=C\c1ccccc1)B1OC(C)(C)C(C)(C)O1. The lowest BCUT2D eigenvalue weighted by Crippen LogP contribution is -2.41. The molecule has 1 aromatic rings. The molecule has 22 heavy (non-hydrogen) atoms. The molecule has 0 unspecified atom stereocenters. The van der Waals surface area contributed by atoms with E-state index in [0.717, 1.165) is 6.42 Å². The number of hydrogen-bond acceptors (Lipinski definition) is 2. The second-order valence-electron chi connectivity index (χ2n) is 8.46. The number of benzene rings is 1. The van der Waals surface area contributed by atoms with Gasteiger partial charge in [-0.3, -0.25) is 0 Å². The van der Waals surface area contributed by atoms with Gasteiger partial charge >= 0.3 is 7.12 Å². The van der Waals surface area contributed by atoms with Gasteiger partial charge in [-0.2, -0.15) is 0 Å². The molecular formula is C19H29BO2. The van der Waals surface area contributed by atoms with Crippen molar-refractivity contribution in [1.29, 1.82) is 0 Å². The van der Waals surface area contributed by atoms with Crippen molar-refractivity contribution in [2.75, 3.05) is 0 Å². The molecular weight excluding hydrogens is 271 g/mol. The molecule has 0 N–H and O–H groups in total. The predicted molar refractivity (Wildman–Crippen MR) is 94.6 cm³/mol. The van der Waals surface area contributed by atoms with E-state index in [1.807, 2.05) is 6.07 Å². The molecule has 1 aliphatic rings. The molecule has 120 valence electrons. The smallest absolute Gasteiger partial charge is 0.400 e. The summed E-state index contributed by atoms with van der Waals surface area (Å²) in [6.07, 6.45) is 3.16. The molecule has 0 aliphatic carbocycles. The van der Waals surface area contributed by atoms with Crippen LogP contribution in [0, 0.1) is 5.41 Å². The van der Waals surface area contributed by atoms with Crippen molar-refractivity contribution >= 4 is 13.2 Å². The molecule has 0 saturated carbocycles. The zero-order chi connectivity index (χ0) is 16.6. The van der Waals surface area contributed by atoms with Gasteiger partial charge in [-0.05, 0) is 50.6 Å². The standard InChI is InChI=1S/C19H29BO2/c1-17(2,3)14-16(13-15-11-9-8-10-12-15)20-21-18(4,5)19(6,7)22-20/h8-13H,14H2,1-7H3/b16-13+. The Morgan fingerprint density at radius 1 is 1.00 bits per heavy atom. The highest BCUT2D eigenvalue weighted by Gasteiger charge is 2.52. The van der Waals surface area contributed by atoms with Gasteiger partial charge in [0.15, 0.2) is 0 Å². The molecule has 0 spiro atoms. The van der Waals surface area contributed by atoms with Crippen LogP contribution < -0.4 is 0 Å². The number of rotatable bonds is 3. The van der Waals surface area contributed by atoms with Gasteiger partial charge in [0, 0.05) is 0 Å². The topological polar surface area (TPSA) is 18.5 Å². The predicted octanol–water partition coefficient (Wildman–Crippen LogP) is 5.14. The molecule has 2 nitrogen and oxygen atoms in total. The van der Waals surface area contributed by atoms with Crippen LogP contribution in [0.15, 0.2) is 35.8 Å². The zero-order valence-electron chi connectivity index (χ0n) is 15.1. The van der Waals surface area contributed by atoms with Crippen LogP contribution in [0.3, 0.4) is 0 Å². The third-order valence-electron chi connectivity index (χ3n) is 4.44. The molecule has 1 aromatic carbocycles. The highest BCUT2D eigenvalue weighted by Crippen LogP contribution is 2.41. The Morgan fingerprint density at radius 2 is 1.50 bits per heavy atom. The van der Waals surface area contributed by atoms with E-state index in [-0.39, 0.29) is 23.7 Å². The maximum absolute atomic E-state index is 6.25. The van der Waals surface area contributed by atoms with Crippen molar-refractivity contribution in [3.05, 3.63) is 41.4 Å². The zero-order valence-corrected chi connectivity index (χ0v) is 15.1. The Kier molecular flexibility index (Phi) is 4.61. The van der Waals surface area contributed by atoms with Crippen LogP contribution in [0.1, 0.15) is 60.5 Å². The summed E-state index contributed by atoms with van der Waals surface area (Å²) in [5, 5.41) is 0. The molecule has 1 saturated heterocycles. The van der Waals surface area contributed by atoms with Gasteiger partial charge in [0.2, 0.25) is 0 Å². The summed E-state index contributed by atoms with van der Waals surface area (Å²) in [6, 6.07) is 10.4. The molecule has 1 heterocycles. The first-order valence-electron chi connectivity index (χ1n) is 8.11. The van der Waals surface area contributed by atoms with Crippen LogP contribution in [0.2, 0.25) is 0 Å². The fourth-order valence-electron chi connectivity index (χ4n) is 2.57. The molecule has 0 bridgehead atoms. The largest absolute Gasteiger partial charge is 0.490 e. The Bertz CT molecular complexity index is 522. The Balaban J connectivity index is 2.33. The molecule has 0 radical (unpaired) electrons. The first-order chi connectivity index (χ1) is 10.0. The quantitative estimate of drug-likeness (QED) is 0.720. The van der Waals surface area contributed by atoms with Crippen LogP contribution in [0.25, 0.3) is 6.08 Å². The Morgan fingerprint density at radius 3 is 1.95 bits per heavy atom. The minimum absolute atomic E-state index is 0.185. The second-order valence-corrected chi connectivity index (χ2v) is 8.46. The third-order valence-corrected chi connectivity index (χ3v) is 4.44. The second kappa shape index (κ2) is 5.86. The summed E-state index contributed by atoms with van der Waals surface area (Å²) in [7, 11) is -0.274. The van der Waals surface area contributed by atoms with Gasteiger partial charge < -0.3 is 9.31 Å². The highest BCUT2D eigenvalue weighted by atomic mass is 16.7. The fourth-order valence-corrected chi connectivity index (χ4v) is 2.57. The van der Waals surface area contributed by atoms with Gasteiger partial charge in [0.25, 0.3) is 0 Å². The van der Waals surface area contributed by atoms with Crippen LogP contribution in [0.4, 0.5) is 0 Å². The molecule has 0 aromatic heterocycles. The molecule has 2 rings (SSSR count). The third kappa shape index (κ3) is 4.02. The van der Waals surface area contributed by atoms with E-state index in [0.29, 0.717) is 0 Å². The monoisotopic (exact) mass is 300 g/mol. The average molecular weight is 300 g/mol. The van der Waals surface area contributed by atoms with Gasteiger partial charge in [-0.15, -0.1) is 0 Å². The highest BCUT2D eigenvalue weighted by molar-refractivity contribution is 6.55. The Hall–Kier alpha value is -1.06. The van der Waals surface area contributed by atoms with E-state index >= 15 is 0 Å². The molecule has 0 atom stereocenters. The molecule has 1 aliphatic heterocycles. The van der Waals surface area contributed by atoms with E-state index in [4.69, 9.17) is 9.31 Å². The Labute approximate surface area is 136 Å². The van der Waals surface area contributed by atoms with Crippen molar-refractivity contribution in [2.24, 2.45) is 5.41 Å². The maximum atomic E-state index is 6.25. The van der Waals surface area contributed by atoms with Crippen LogP contribution in [-0.4, -0.2) is 18.3 Å². The van der Waals surface area contributed by atoms with E-state index in [1.165, 1.54) is 11.0 Å². The van der Waals surface area contributed by atoms with Crippen molar-refractivity contribution in [1.82, 2.24) is 0 Å². The fraction of sp³-hybridized carbons (Fsp3) is 0.579. The lowest BCUT2D eigenvalue weighted by Gasteiger charge is -2.32. The average Bonchev–Trinajstić information content (AvgIpc) is 2.57. The number of hydrogen-bond donors (Lipinski definition) is 0. The summed E-state index contributed by atoms with van der Waals surface area (Å²) in [5.41, 5.74) is 1.98. The first kappa shape index (κ1) is 17.3. The first-order valence-corrected chi connectivity index (χ1v) is 8.11. The van der Waals surface area contributed by atoms with E-state index in [2.05, 4.69) is 78.8 Å². The summed E-state index contributed by atoms with van der Waals surface area (Å²) in [4.78, 5) is 0. The van der Waals surface area contributed by atoms with Crippen molar-refractivity contribution < 1.29 is 9.31 Å². The minimum atomic E-state index is -0.300. The summed E-state index contributed by atoms with van der Waals surface area (Å²) in [5.74, 6) is 0. The lowest BCUT2D eigenvalue weighted by molar-refractivity contribution is 0.00578.